The van der Waals surface area contributed by atoms with Crippen molar-refractivity contribution in [3.63, 3.8) is 0 Å². The number of urea groups is 1. The van der Waals surface area contributed by atoms with Crippen molar-refractivity contribution in [2.45, 2.75) is 39.7 Å². The average molecular weight is 307 g/mol. The lowest BCUT2D eigenvalue weighted by Crippen LogP contribution is -2.54. The van der Waals surface area contributed by atoms with Gasteiger partial charge in [-0.15, -0.1) is 12.4 Å². The van der Waals surface area contributed by atoms with Gasteiger partial charge in [-0.05, 0) is 18.3 Å². The number of amides is 3. The molecule has 0 aromatic rings. The Balaban J connectivity index is 0.00000361. The molecule has 0 saturated carbocycles. The largest absolute Gasteiger partial charge is 0.338 e. The zero-order valence-electron chi connectivity index (χ0n) is 12.6. The highest BCUT2D eigenvalue weighted by Gasteiger charge is 2.33. The topological polar surface area (TPSA) is 87.5 Å². The van der Waals surface area contributed by atoms with Gasteiger partial charge in [-0.3, -0.25) is 15.0 Å². The van der Waals surface area contributed by atoms with E-state index in [1.54, 1.807) is 0 Å². The number of hydrogen-bond donors (Lipinski definition) is 3. The third-order valence-electron chi connectivity index (χ3n) is 3.55. The minimum Gasteiger partial charge on any atom is -0.338 e. The summed E-state index contributed by atoms with van der Waals surface area (Å²) in [6.07, 6.45) is 1.72. The van der Waals surface area contributed by atoms with Crippen molar-refractivity contribution in [1.29, 1.82) is 0 Å². The van der Waals surface area contributed by atoms with Crippen LogP contribution in [-0.4, -0.2) is 49.1 Å². The molecule has 3 amide bonds. The molecule has 20 heavy (non-hydrogen) atoms. The summed E-state index contributed by atoms with van der Waals surface area (Å²) >= 11 is 0. The molecule has 0 bridgehead atoms. The Morgan fingerprint density at radius 1 is 1.40 bits per heavy atom. The number of carbonyl (C=O) groups excluding carboxylic acids is 2. The van der Waals surface area contributed by atoms with E-state index in [-0.39, 0.29) is 36.3 Å². The standard InChI is InChI=1S/C13H26N4O2.ClH/c1-4-6-15-12(19)16-11(18)8-17-7-5-10(14)13(2,3)9-17;/h10H,4-9,14H2,1-3H3,(H2,15,16,18,19);1H. The molecule has 0 radical (unpaired) electrons. The summed E-state index contributed by atoms with van der Waals surface area (Å²) in [7, 11) is 0. The molecule has 118 valence electrons. The summed E-state index contributed by atoms with van der Waals surface area (Å²) in [5.41, 5.74) is 6.05. The summed E-state index contributed by atoms with van der Waals surface area (Å²) in [5, 5.41) is 4.95. The molecule has 1 fully saturated rings. The molecule has 1 aliphatic heterocycles. The van der Waals surface area contributed by atoms with E-state index >= 15 is 0 Å². The Morgan fingerprint density at radius 3 is 2.60 bits per heavy atom. The number of nitrogens with zero attached hydrogens (tertiary/aromatic N) is 1. The van der Waals surface area contributed by atoms with Crippen molar-refractivity contribution in [3.05, 3.63) is 0 Å². The molecule has 4 N–H and O–H groups in total. The monoisotopic (exact) mass is 306 g/mol. The molecule has 0 spiro atoms. The van der Waals surface area contributed by atoms with E-state index in [0.29, 0.717) is 6.54 Å². The van der Waals surface area contributed by atoms with Gasteiger partial charge in [0.25, 0.3) is 0 Å². The summed E-state index contributed by atoms with van der Waals surface area (Å²) < 4.78 is 0. The molecule has 1 unspecified atom stereocenters. The van der Waals surface area contributed by atoms with Crippen molar-refractivity contribution in [1.82, 2.24) is 15.5 Å². The van der Waals surface area contributed by atoms with Crippen LogP contribution >= 0.6 is 12.4 Å². The molecular weight excluding hydrogens is 280 g/mol. The average Bonchev–Trinajstić information content (AvgIpc) is 2.30. The fourth-order valence-electron chi connectivity index (χ4n) is 2.27. The first-order valence-corrected chi connectivity index (χ1v) is 6.90. The van der Waals surface area contributed by atoms with Gasteiger partial charge in [0.2, 0.25) is 5.91 Å². The summed E-state index contributed by atoms with van der Waals surface area (Å²) in [6, 6.07) is -0.250. The van der Waals surface area contributed by atoms with E-state index in [2.05, 4.69) is 24.5 Å². The predicted molar refractivity (Wildman–Crippen MR) is 81.9 cm³/mol. The van der Waals surface area contributed by atoms with Crippen LogP contribution in [0.2, 0.25) is 0 Å². The second kappa shape index (κ2) is 8.44. The fraction of sp³-hybridized carbons (Fsp3) is 0.846. The van der Waals surface area contributed by atoms with Gasteiger partial charge in [0.1, 0.15) is 0 Å². The Kier molecular flexibility index (Phi) is 8.08. The minimum absolute atomic E-state index is 0. The van der Waals surface area contributed by atoms with E-state index in [1.807, 2.05) is 11.8 Å². The van der Waals surface area contributed by atoms with Crippen molar-refractivity contribution < 1.29 is 9.59 Å². The lowest BCUT2D eigenvalue weighted by Gasteiger charge is -2.42. The Morgan fingerprint density at radius 2 is 2.05 bits per heavy atom. The first-order valence-electron chi connectivity index (χ1n) is 6.90. The van der Waals surface area contributed by atoms with Crippen LogP contribution in [-0.2, 0) is 4.79 Å². The number of halogens is 1. The second-order valence-electron chi connectivity index (χ2n) is 5.90. The fourth-order valence-corrected chi connectivity index (χ4v) is 2.27. The predicted octanol–water partition coefficient (Wildman–Crippen LogP) is 0.703. The molecule has 1 rings (SSSR count). The number of carbonyl (C=O) groups is 2. The molecule has 7 heteroatoms. The second-order valence-corrected chi connectivity index (χ2v) is 5.90. The third kappa shape index (κ3) is 6.07. The highest BCUT2D eigenvalue weighted by atomic mass is 35.5. The zero-order valence-corrected chi connectivity index (χ0v) is 13.4. The molecule has 6 nitrogen and oxygen atoms in total. The summed E-state index contributed by atoms with van der Waals surface area (Å²) in [5.74, 6) is -0.264. The van der Waals surface area contributed by atoms with E-state index in [1.165, 1.54) is 0 Å². The van der Waals surface area contributed by atoms with Gasteiger partial charge in [-0.2, -0.15) is 0 Å². The lowest BCUT2D eigenvalue weighted by molar-refractivity contribution is -0.122. The van der Waals surface area contributed by atoms with Gasteiger partial charge in [-0.1, -0.05) is 20.8 Å². The summed E-state index contributed by atoms with van der Waals surface area (Å²) in [6.45, 7) is 8.57. The van der Waals surface area contributed by atoms with Gasteiger partial charge in [0, 0.05) is 25.7 Å². The molecule has 0 aromatic heterocycles. The lowest BCUT2D eigenvalue weighted by atomic mass is 9.80. The highest BCUT2D eigenvalue weighted by Crippen LogP contribution is 2.27. The van der Waals surface area contributed by atoms with Crippen LogP contribution in [0.4, 0.5) is 4.79 Å². The maximum Gasteiger partial charge on any atom is 0.321 e. The first kappa shape index (κ1) is 19.1. The van der Waals surface area contributed by atoms with E-state index < -0.39 is 6.03 Å². The van der Waals surface area contributed by atoms with Crippen molar-refractivity contribution >= 4 is 24.3 Å². The van der Waals surface area contributed by atoms with Gasteiger partial charge in [0.05, 0.1) is 6.54 Å². The van der Waals surface area contributed by atoms with Gasteiger partial charge < -0.3 is 11.1 Å². The number of nitrogens with two attached hydrogens (primary N) is 1. The van der Waals surface area contributed by atoms with Crippen molar-refractivity contribution in [2.75, 3.05) is 26.2 Å². The maximum absolute atomic E-state index is 11.7. The minimum atomic E-state index is -0.417. The SMILES string of the molecule is CCCNC(=O)NC(=O)CN1CCC(N)C(C)(C)C1.Cl. The molecule has 0 aromatic carbocycles. The molecule has 1 aliphatic rings. The molecular formula is C13H27ClN4O2. The van der Waals surface area contributed by atoms with Gasteiger partial charge in [-0.25, -0.2) is 4.79 Å². The number of imide groups is 1. The molecule has 1 heterocycles. The number of piperidine rings is 1. The number of nitrogens with one attached hydrogen (secondary N) is 2. The normalized spacial score (nSPS) is 21.7. The Labute approximate surface area is 127 Å². The number of hydrogen-bond acceptors (Lipinski definition) is 4. The van der Waals surface area contributed by atoms with Crippen LogP contribution in [0.5, 0.6) is 0 Å². The number of rotatable bonds is 4. The van der Waals surface area contributed by atoms with Crippen molar-refractivity contribution in [2.24, 2.45) is 11.1 Å². The Hall–Kier alpha value is -0.850. The quantitative estimate of drug-likeness (QED) is 0.713. The maximum atomic E-state index is 11.7. The van der Waals surface area contributed by atoms with E-state index in [0.717, 1.165) is 25.9 Å². The van der Waals surface area contributed by atoms with E-state index in [4.69, 9.17) is 5.73 Å². The molecule has 0 aliphatic carbocycles. The van der Waals surface area contributed by atoms with Crippen molar-refractivity contribution in [3.8, 4) is 0 Å². The summed E-state index contributed by atoms with van der Waals surface area (Å²) in [4.78, 5) is 25.1. The molecule has 1 atom stereocenters. The van der Waals surface area contributed by atoms with E-state index in [9.17, 15) is 9.59 Å². The van der Waals surface area contributed by atoms with Crippen LogP contribution in [0.15, 0.2) is 0 Å². The number of likely N-dealkylation sites (tertiary alicyclic amines) is 1. The third-order valence-corrected chi connectivity index (χ3v) is 3.55. The van der Waals surface area contributed by atoms with Crippen LogP contribution < -0.4 is 16.4 Å². The zero-order chi connectivity index (χ0) is 14.5. The highest BCUT2D eigenvalue weighted by molar-refractivity contribution is 5.95. The van der Waals surface area contributed by atoms with Gasteiger partial charge in [0.15, 0.2) is 0 Å². The Bertz CT molecular complexity index is 336. The first-order chi connectivity index (χ1) is 8.85. The van der Waals surface area contributed by atoms with Crippen LogP contribution in [0.1, 0.15) is 33.6 Å². The molecule has 1 saturated heterocycles. The van der Waals surface area contributed by atoms with Gasteiger partial charge >= 0.3 is 6.03 Å². The van der Waals surface area contributed by atoms with Crippen LogP contribution in [0, 0.1) is 5.41 Å². The van der Waals surface area contributed by atoms with Crippen LogP contribution in [0.25, 0.3) is 0 Å². The smallest absolute Gasteiger partial charge is 0.321 e. The van der Waals surface area contributed by atoms with Crippen LogP contribution in [0.3, 0.4) is 0 Å².